The summed E-state index contributed by atoms with van der Waals surface area (Å²) in [6, 6.07) is 1.99. The van der Waals surface area contributed by atoms with Gasteiger partial charge in [-0.1, -0.05) is 6.08 Å². The average Bonchev–Trinajstić information content (AvgIpc) is 2.52. The van der Waals surface area contributed by atoms with Gasteiger partial charge in [0.2, 0.25) is 0 Å². The highest BCUT2D eigenvalue weighted by Crippen LogP contribution is 2.15. The first-order valence-corrected chi connectivity index (χ1v) is 3.73. The largest absolute Gasteiger partial charge is 0.472 e. The zero-order valence-corrected chi connectivity index (χ0v) is 7.72. The highest BCUT2D eigenvalue weighted by molar-refractivity contribution is 5.85. The highest BCUT2D eigenvalue weighted by Gasteiger charge is 2.04. The Hall–Kier alpha value is -0.730. The van der Waals surface area contributed by atoms with Crippen LogP contribution in [0.3, 0.4) is 0 Å². The summed E-state index contributed by atoms with van der Waals surface area (Å²) >= 11 is 0. The van der Waals surface area contributed by atoms with Crippen molar-refractivity contribution in [1.82, 2.24) is 0 Å². The molecule has 0 aromatic carbocycles. The van der Waals surface area contributed by atoms with Gasteiger partial charge in [0.1, 0.15) is 0 Å². The molecule has 0 bridgehead atoms. The Balaban J connectivity index is 0.00000121. The predicted molar refractivity (Wildman–Crippen MR) is 52.3 cm³/mol. The Labute approximate surface area is 78.9 Å². The normalized spacial score (nSPS) is 11.8. The van der Waals surface area contributed by atoms with Gasteiger partial charge in [0.15, 0.2) is 0 Å². The maximum atomic E-state index is 5.82. The summed E-state index contributed by atoms with van der Waals surface area (Å²) in [6.07, 6.45) is 7.09. The van der Waals surface area contributed by atoms with Crippen LogP contribution in [-0.2, 0) is 0 Å². The molecule has 0 spiro atoms. The molecule has 2 nitrogen and oxygen atoms in total. The second-order valence-electron chi connectivity index (χ2n) is 2.53. The van der Waals surface area contributed by atoms with Gasteiger partial charge in [-0.25, -0.2) is 0 Å². The smallest absolute Gasteiger partial charge is 0.0950 e. The van der Waals surface area contributed by atoms with Crippen molar-refractivity contribution in [3.63, 3.8) is 0 Å². The summed E-state index contributed by atoms with van der Waals surface area (Å²) in [5, 5.41) is 0. The van der Waals surface area contributed by atoms with Crippen LogP contribution in [0.1, 0.15) is 24.4 Å². The third kappa shape index (κ3) is 3.11. The van der Waals surface area contributed by atoms with E-state index in [0.717, 1.165) is 18.4 Å². The van der Waals surface area contributed by atoms with Gasteiger partial charge in [-0.3, -0.25) is 0 Å². The van der Waals surface area contributed by atoms with Gasteiger partial charge >= 0.3 is 0 Å². The van der Waals surface area contributed by atoms with Gasteiger partial charge in [0.05, 0.1) is 12.5 Å². The van der Waals surface area contributed by atoms with E-state index in [1.54, 1.807) is 12.5 Å². The SMILES string of the molecule is C=CCC[C@H](N)c1ccoc1.Cl. The monoisotopic (exact) mass is 187 g/mol. The fourth-order valence-corrected chi connectivity index (χ4v) is 0.950. The van der Waals surface area contributed by atoms with E-state index in [2.05, 4.69) is 6.58 Å². The number of hydrogen-bond donors (Lipinski definition) is 1. The lowest BCUT2D eigenvalue weighted by atomic mass is 10.1. The van der Waals surface area contributed by atoms with Crippen molar-refractivity contribution in [2.24, 2.45) is 5.73 Å². The maximum absolute atomic E-state index is 5.82. The summed E-state index contributed by atoms with van der Waals surface area (Å²) in [4.78, 5) is 0. The average molecular weight is 188 g/mol. The summed E-state index contributed by atoms with van der Waals surface area (Å²) in [5.41, 5.74) is 6.88. The van der Waals surface area contributed by atoms with Crippen molar-refractivity contribution in [3.05, 3.63) is 36.8 Å². The van der Waals surface area contributed by atoms with E-state index in [0.29, 0.717) is 0 Å². The summed E-state index contributed by atoms with van der Waals surface area (Å²) < 4.78 is 4.91. The van der Waals surface area contributed by atoms with Gasteiger partial charge in [0, 0.05) is 11.6 Å². The van der Waals surface area contributed by atoms with E-state index in [1.807, 2.05) is 12.1 Å². The first-order valence-electron chi connectivity index (χ1n) is 3.73. The molecule has 0 aliphatic rings. The molecule has 1 atom stereocenters. The number of halogens is 1. The van der Waals surface area contributed by atoms with Crippen LogP contribution in [-0.4, -0.2) is 0 Å². The molecule has 0 aliphatic heterocycles. The molecule has 3 heteroatoms. The number of furan rings is 1. The van der Waals surface area contributed by atoms with Gasteiger partial charge in [-0.2, -0.15) is 0 Å². The predicted octanol–water partition coefficient (Wildman–Crippen LogP) is 2.67. The summed E-state index contributed by atoms with van der Waals surface area (Å²) in [7, 11) is 0. The van der Waals surface area contributed by atoms with Crippen molar-refractivity contribution in [2.75, 3.05) is 0 Å². The fourth-order valence-electron chi connectivity index (χ4n) is 0.950. The van der Waals surface area contributed by atoms with Crippen LogP contribution in [0.25, 0.3) is 0 Å². The van der Waals surface area contributed by atoms with Crippen molar-refractivity contribution >= 4 is 12.4 Å². The first kappa shape index (κ1) is 11.3. The molecule has 1 heterocycles. The second-order valence-corrected chi connectivity index (χ2v) is 2.53. The van der Waals surface area contributed by atoms with Gasteiger partial charge < -0.3 is 10.2 Å². The molecule has 0 unspecified atom stereocenters. The second kappa shape index (κ2) is 5.86. The summed E-state index contributed by atoms with van der Waals surface area (Å²) in [6.45, 7) is 3.63. The molecular formula is C9H14ClNO. The van der Waals surface area contributed by atoms with Crippen LogP contribution in [0.4, 0.5) is 0 Å². The van der Waals surface area contributed by atoms with Crippen LogP contribution in [0.15, 0.2) is 35.7 Å². The zero-order valence-electron chi connectivity index (χ0n) is 6.90. The van der Waals surface area contributed by atoms with Crippen LogP contribution in [0, 0.1) is 0 Å². The molecule has 68 valence electrons. The van der Waals surface area contributed by atoms with Crippen molar-refractivity contribution in [2.45, 2.75) is 18.9 Å². The molecule has 0 radical (unpaired) electrons. The summed E-state index contributed by atoms with van der Waals surface area (Å²) in [5.74, 6) is 0. The topological polar surface area (TPSA) is 39.2 Å². The Morgan fingerprint density at radius 3 is 2.92 bits per heavy atom. The third-order valence-electron chi connectivity index (χ3n) is 1.65. The quantitative estimate of drug-likeness (QED) is 0.737. The molecule has 0 amide bonds. The van der Waals surface area contributed by atoms with E-state index in [1.165, 1.54) is 0 Å². The Morgan fingerprint density at radius 1 is 1.67 bits per heavy atom. The van der Waals surface area contributed by atoms with E-state index in [9.17, 15) is 0 Å². The minimum Gasteiger partial charge on any atom is -0.472 e. The highest BCUT2D eigenvalue weighted by atomic mass is 35.5. The third-order valence-corrected chi connectivity index (χ3v) is 1.65. The molecular weight excluding hydrogens is 174 g/mol. The van der Waals surface area contributed by atoms with E-state index in [-0.39, 0.29) is 18.4 Å². The molecule has 1 rings (SSSR count). The molecule has 1 aromatic heterocycles. The lowest BCUT2D eigenvalue weighted by Gasteiger charge is -2.05. The molecule has 0 aliphatic carbocycles. The zero-order chi connectivity index (χ0) is 8.10. The first-order chi connectivity index (χ1) is 5.34. The number of rotatable bonds is 4. The van der Waals surface area contributed by atoms with E-state index in [4.69, 9.17) is 10.2 Å². The van der Waals surface area contributed by atoms with E-state index >= 15 is 0 Å². The number of allylic oxidation sites excluding steroid dienone is 1. The van der Waals surface area contributed by atoms with Crippen LogP contribution in [0.5, 0.6) is 0 Å². The Morgan fingerprint density at radius 2 is 2.42 bits per heavy atom. The standard InChI is InChI=1S/C9H13NO.ClH/c1-2-3-4-9(10)8-5-6-11-7-8;/h2,5-7,9H,1,3-4,10H2;1H/t9-;/m0./s1. The maximum Gasteiger partial charge on any atom is 0.0950 e. The minimum atomic E-state index is 0. The lowest BCUT2D eigenvalue weighted by molar-refractivity contribution is 0.555. The molecule has 2 N–H and O–H groups in total. The van der Waals surface area contributed by atoms with Crippen LogP contribution < -0.4 is 5.73 Å². The van der Waals surface area contributed by atoms with Gasteiger partial charge in [-0.05, 0) is 18.9 Å². The number of hydrogen-bond acceptors (Lipinski definition) is 2. The van der Waals surface area contributed by atoms with Crippen molar-refractivity contribution in [1.29, 1.82) is 0 Å². The minimum absolute atomic E-state index is 0. The van der Waals surface area contributed by atoms with Gasteiger partial charge in [-0.15, -0.1) is 19.0 Å². The van der Waals surface area contributed by atoms with Crippen molar-refractivity contribution in [3.8, 4) is 0 Å². The van der Waals surface area contributed by atoms with Crippen LogP contribution >= 0.6 is 12.4 Å². The van der Waals surface area contributed by atoms with Crippen LogP contribution in [0.2, 0.25) is 0 Å². The fraction of sp³-hybridized carbons (Fsp3) is 0.333. The molecule has 0 saturated carbocycles. The van der Waals surface area contributed by atoms with E-state index < -0.39 is 0 Å². The lowest BCUT2D eigenvalue weighted by Crippen LogP contribution is -2.08. The van der Waals surface area contributed by atoms with Crippen molar-refractivity contribution < 1.29 is 4.42 Å². The number of nitrogens with two attached hydrogens (primary N) is 1. The Bertz CT molecular complexity index is 208. The van der Waals surface area contributed by atoms with Gasteiger partial charge in [0.25, 0.3) is 0 Å². The molecule has 12 heavy (non-hydrogen) atoms. The molecule has 1 aromatic rings. The Kier molecular flexibility index (Phi) is 5.51. The molecule has 0 saturated heterocycles. The molecule has 0 fully saturated rings.